The molecule has 1 aromatic rings. The van der Waals surface area contributed by atoms with E-state index in [4.69, 9.17) is 9.47 Å². The Hall–Kier alpha value is -2.34. The number of amides is 1. The highest BCUT2D eigenvalue weighted by molar-refractivity contribution is 6.03. The average Bonchev–Trinajstić information content (AvgIpc) is 3.15. The number of carbonyl (C=O) groups excluding carboxylic acids is 2. The predicted molar refractivity (Wildman–Crippen MR) is 74.1 cm³/mol. The second-order valence-corrected chi connectivity index (χ2v) is 5.82. The molecule has 2 saturated heterocycles. The molecule has 114 valence electrons. The van der Waals surface area contributed by atoms with E-state index < -0.39 is 29.5 Å². The fourth-order valence-corrected chi connectivity index (χ4v) is 3.82. The van der Waals surface area contributed by atoms with E-state index in [9.17, 15) is 14.7 Å². The number of hydrogen-bond acceptors (Lipinski definition) is 5. The summed E-state index contributed by atoms with van der Waals surface area (Å²) in [6.45, 7) is 0.285. The Bertz CT molecular complexity index is 700. The van der Waals surface area contributed by atoms with Crippen LogP contribution >= 0.6 is 0 Å². The quantitative estimate of drug-likeness (QED) is 0.718. The van der Waals surface area contributed by atoms with Crippen LogP contribution in [-0.4, -0.2) is 37.2 Å². The first-order valence-corrected chi connectivity index (χ1v) is 7.10. The van der Waals surface area contributed by atoms with Crippen LogP contribution in [0, 0.1) is 11.8 Å². The van der Waals surface area contributed by atoms with Crippen molar-refractivity contribution in [3.8, 4) is 5.75 Å². The maximum Gasteiger partial charge on any atom is 0.234 e. The Morgan fingerprint density at radius 3 is 2.95 bits per heavy atom. The fraction of sp³-hybridized carbons (Fsp3) is 0.375. The molecular weight excluding hydrogens is 286 g/mol. The maximum atomic E-state index is 12.8. The number of benzene rings is 1. The molecule has 0 aliphatic carbocycles. The van der Waals surface area contributed by atoms with Gasteiger partial charge in [0.25, 0.3) is 0 Å². The van der Waals surface area contributed by atoms with E-state index in [0.717, 1.165) is 0 Å². The van der Waals surface area contributed by atoms with E-state index in [0.29, 0.717) is 11.4 Å². The number of ether oxygens (including phenoxy) is 2. The zero-order valence-electron chi connectivity index (χ0n) is 11.9. The Morgan fingerprint density at radius 1 is 1.45 bits per heavy atom. The van der Waals surface area contributed by atoms with Crippen molar-refractivity contribution >= 4 is 17.6 Å². The third-order valence-corrected chi connectivity index (χ3v) is 4.75. The highest BCUT2D eigenvalue weighted by Gasteiger charge is 2.65. The van der Waals surface area contributed by atoms with Crippen LogP contribution in [0.3, 0.4) is 0 Å². The van der Waals surface area contributed by atoms with Gasteiger partial charge in [-0.05, 0) is 12.1 Å². The van der Waals surface area contributed by atoms with E-state index in [1.807, 2.05) is 12.1 Å². The molecule has 1 spiro atoms. The van der Waals surface area contributed by atoms with E-state index in [1.165, 1.54) is 7.11 Å². The Morgan fingerprint density at radius 2 is 2.23 bits per heavy atom. The van der Waals surface area contributed by atoms with E-state index in [-0.39, 0.29) is 12.5 Å². The number of anilines is 1. The SMILES string of the molecule is COc1ccccc1N1C[C@@]23C=C[C@@H](O2)[C@H](C(=O)[O-])[C@@H]3C1=O. The summed E-state index contributed by atoms with van der Waals surface area (Å²) in [6, 6.07) is 7.16. The molecule has 6 nitrogen and oxygen atoms in total. The van der Waals surface area contributed by atoms with Crippen molar-refractivity contribution in [2.75, 3.05) is 18.6 Å². The van der Waals surface area contributed by atoms with Gasteiger partial charge in [0.05, 0.1) is 31.4 Å². The molecule has 0 saturated carbocycles. The largest absolute Gasteiger partial charge is 0.550 e. The predicted octanol–water partition coefficient (Wildman–Crippen LogP) is -0.269. The number of aliphatic carboxylic acids is 1. The normalized spacial score (nSPS) is 35.0. The summed E-state index contributed by atoms with van der Waals surface area (Å²) in [5, 5.41) is 11.4. The minimum absolute atomic E-state index is 0.259. The van der Waals surface area contributed by atoms with E-state index in [2.05, 4.69) is 0 Å². The molecule has 3 heterocycles. The lowest BCUT2D eigenvalue weighted by molar-refractivity contribution is -0.313. The molecule has 0 aromatic heterocycles. The lowest BCUT2D eigenvalue weighted by Crippen LogP contribution is -2.45. The van der Waals surface area contributed by atoms with Crippen LogP contribution in [0.25, 0.3) is 0 Å². The minimum Gasteiger partial charge on any atom is -0.550 e. The summed E-state index contributed by atoms with van der Waals surface area (Å²) in [4.78, 5) is 25.8. The van der Waals surface area contributed by atoms with Gasteiger partial charge >= 0.3 is 0 Å². The standard InChI is InChI=1S/C16H15NO5/c1-21-10-5-3-2-4-9(10)17-8-16-7-6-11(22-16)12(15(19)20)13(16)14(17)18/h2-7,11-13H,8H2,1H3,(H,19,20)/p-1/t11-,12+,13-,16-/m1/s1. The fourth-order valence-electron chi connectivity index (χ4n) is 3.82. The molecule has 3 aliphatic rings. The van der Waals surface area contributed by atoms with Crippen LogP contribution in [0.1, 0.15) is 0 Å². The van der Waals surface area contributed by atoms with Crippen LogP contribution in [0.4, 0.5) is 5.69 Å². The molecule has 6 heteroatoms. The number of fused-ring (bicyclic) bond motifs is 1. The summed E-state index contributed by atoms with van der Waals surface area (Å²) in [5.74, 6) is -2.60. The second kappa shape index (κ2) is 4.33. The van der Waals surface area contributed by atoms with E-state index in [1.54, 1.807) is 29.2 Å². The van der Waals surface area contributed by atoms with Crippen molar-refractivity contribution < 1.29 is 24.2 Å². The molecule has 4 rings (SSSR count). The number of nitrogens with zero attached hydrogens (tertiary/aromatic N) is 1. The Labute approximate surface area is 126 Å². The summed E-state index contributed by atoms with van der Waals surface area (Å²) in [6.07, 6.45) is 2.96. The monoisotopic (exact) mass is 300 g/mol. The van der Waals surface area contributed by atoms with Gasteiger partial charge in [-0.3, -0.25) is 4.79 Å². The molecule has 22 heavy (non-hydrogen) atoms. The van der Waals surface area contributed by atoms with Crippen LogP contribution in [0.5, 0.6) is 5.75 Å². The van der Waals surface area contributed by atoms with Crippen molar-refractivity contribution in [2.45, 2.75) is 11.7 Å². The highest BCUT2D eigenvalue weighted by Crippen LogP contribution is 2.53. The van der Waals surface area contributed by atoms with Crippen molar-refractivity contribution in [2.24, 2.45) is 11.8 Å². The first-order valence-electron chi connectivity index (χ1n) is 7.10. The molecule has 2 fully saturated rings. The van der Waals surface area contributed by atoms with Crippen molar-refractivity contribution in [3.05, 3.63) is 36.4 Å². The van der Waals surface area contributed by atoms with Gasteiger partial charge in [-0.1, -0.05) is 24.3 Å². The van der Waals surface area contributed by atoms with Gasteiger partial charge in [0.15, 0.2) is 0 Å². The van der Waals surface area contributed by atoms with Crippen LogP contribution < -0.4 is 14.7 Å². The third-order valence-electron chi connectivity index (χ3n) is 4.75. The first kappa shape index (κ1) is 13.3. The third kappa shape index (κ3) is 1.53. The lowest BCUT2D eigenvalue weighted by atomic mass is 9.77. The van der Waals surface area contributed by atoms with Crippen LogP contribution in [0.15, 0.2) is 36.4 Å². The smallest absolute Gasteiger partial charge is 0.234 e. The number of carbonyl (C=O) groups is 2. The number of carboxylic acids is 1. The molecule has 1 aromatic carbocycles. The van der Waals surface area contributed by atoms with Gasteiger partial charge in [-0.2, -0.15) is 0 Å². The number of para-hydroxylation sites is 2. The molecule has 0 N–H and O–H groups in total. The topological polar surface area (TPSA) is 78.9 Å². The maximum absolute atomic E-state index is 12.8. The number of carboxylic acid groups (broad SMARTS) is 1. The van der Waals surface area contributed by atoms with Crippen LogP contribution in [0.2, 0.25) is 0 Å². The number of hydrogen-bond donors (Lipinski definition) is 0. The van der Waals surface area contributed by atoms with Crippen molar-refractivity contribution in [3.63, 3.8) is 0 Å². The number of methoxy groups -OCH3 is 1. The second-order valence-electron chi connectivity index (χ2n) is 5.82. The van der Waals surface area contributed by atoms with Gasteiger partial charge < -0.3 is 24.3 Å². The minimum atomic E-state index is -1.24. The van der Waals surface area contributed by atoms with Gasteiger partial charge in [0.2, 0.25) is 5.91 Å². The molecule has 1 amide bonds. The number of rotatable bonds is 3. The summed E-state index contributed by atoms with van der Waals surface area (Å²) >= 11 is 0. The zero-order valence-corrected chi connectivity index (χ0v) is 11.9. The van der Waals surface area contributed by atoms with Crippen molar-refractivity contribution in [1.82, 2.24) is 0 Å². The molecule has 0 radical (unpaired) electrons. The van der Waals surface area contributed by atoms with Crippen LogP contribution in [-0.2, 0) is 14.3 Å². The molecule has 3 aliphatic heterocycles. The lowest BCUT2D eigenvalue weighted by Gasteiger charge is -2.24. The Kier molecular flexibility index (Phi) is 2.62. The van der Waals surface area contributed by atoms with Gasteiger partial charge in [-0.25, -0.2) is 0 Å². The summed E-state index contributed by atoms with van der Waals surface area (Å²) in [7, 11) is 1.53. The first-order chi connectivity index (χ1) is 10.6. The van der Waals surface area contributed by atoms with E-state index >= 15 is 0 Å². The molecular formula is C16H14NO5-. The average molecular weight is 300 g/mol. The van der Waals surface area contributed by atoms with Crippen molar-refractivity contribution in [1.29, 1.82) is 0 Å². The Balaban J connectivity index is 1.77. The molecule has 0 unspecified atom stereocenters. The van der Waals surface area contributed by atoms with Gasteiger partial charge in [-0.15, -0.1) is 0 Å². The molecule has 4 atom stereocenters. The molecule has 2 bridgehead atoms. The van der Waals surface area contributed by atoms with Gasteiger partial charge in [0, 0.05) is 11.9 Å². The highest BCUT2D eigenvalue weighted by atomic mass is 16.5. The van der Waals surface area contributed by atoms with Gasteiger partial charge in [0.1, 0.15) is 11.4 Å². The summed E-state index contributed by atoms with van der Waals surface area (Å²) < 4.78 is 11.1. The summed E-state index contributed by atoms with van der Waals surface area (Å²) in [5.41, 5.74) is -0.246. The zero-order chi connectivity index (χ0) is 15.5.